The van der Waals surface area contributed by atoms with Crippen LogP contribution in [0, 0.1) is 0 Å². The van der Waals surface area contributed by atoms with Gasteiger partial charge < -0.3 is 16.0 Å². The van der Waals surface area contributed by atoms with Crippen molar-refractivity contribution in [2.24, 2.45) is 10.1 Å². The maximum Gasteiger partial charge on any atom is 0.256 e. The molecule has 2 heterocycles. The van der Waals surface area contributed by atoms with Gasteiger partial charge >= 0.3 is 0 Å². The number of amidine groups is 1. The normalized spacial score (nSPS) is 20.6. The van der Waals surface area contributed by atoms with Crippen molar-refractivity contribution < 1.29 is 13.2 Å². The van der Waals surface area contributed by atoms with Crippen LogP contribution in [0.1, 0.15) is 13.3 Å². The molecule has 2 aliphatic rings. The first-order chi connectivity index (χ1) is 9.39. The van der Waals surface area contributed by atoms with E-state index >= 15 is 0 Å². The Balaban J connectivity index is 0.00000220. The van der Waals surface area contributed by atoms with E-state index in [1.165, 1.54) is 0 Å². The first-order valence-corrected chi connectivity index (χ1v) is 8.02. The molecule has 0 aromatic carbocycles. The molecule has 0 aromatic rings. The summed E-state index contributed by atoms with van der Waals surface area (Å²) in [5.74, 6) is -0.187. The molecule has 3 N–H and O–H groups in total. The van der Waals surface area contributed by atoms with Crippen LogP contribution < -0.4 is 11.1 Å². The minimum Gasteiger partial charge on any atom is -0.352 e. The zero-order chi connectivity index (χ0) is 14.8. The number of sulfonamides is 1. The van der Waals surface area contributed by atoms with Gasteiger partial charge in [0.25, 0.3) is 15.9 Å². The second-order valence-electron chi connectivity index (χ2n) is 4.84. The highest BCUT2D eigenvalue weighted by Gasteiger charge is 2.29. The quantitative estimate of drug-likeness (QED) is 0.738. The van der Waals surface area contributed by atoms with Gasteiger partial charge in [-0.3, -0.25) is 4.79 Å². The molecule has 1 atom stereocenters. The largest absolute Gasteiger partial charge is 0.352 e. The number of amides is 1. The van der Waals surface area contributed by atoms with E-state index in [0.717, 1.165) is 0 Å². The molecular formula is C12H19ClN4O3S. The van der Waals surface area contributed by atoms with Crippen LogP contribution in [0.2, 0.25) is 0 Å². The van der Waals surface area contributed by atoms with E-state index in [2.05, 4.69) is 9.71 Å². The number of nitrogens with one attached hydrogen (secondary N) is 1. The van der Waals surface area contributed by atoms with Gasteiger partial charge in [-0.2, -0.15) is 0 Å². The van der Waals surface area contributed by atoms with Crippen LogP contribution in [0.4, 0.5) is 0 Å². The second-order valence-corrected chi connectivity index (χ2v) is 6.59. The Labute approximate surface area is 130 Å². The van der Waals surface area contributed by atoms with Gasteiger partial charge in [0, 0.05) is 25.3 Å². The molecule has 2 aliphatic heterocycles. The van der Waals surface area contributed by atoms with Crippen LogP contribution in [-0.4, -0.2) is 49.9 Å². The molecule has 0 aliphatic carbocycles. The lowest BCUT2D eigenvalue weighted by Crippen LogP contribution is -2.42. The molecule has 0 fully saturated rings. The van der Waals surface area contributed by atoms with Gasteiger partial charge in [0.05, 0.1) is 11.3 Å². The molecule has 0 aromatic heterocycles. The Hall–Kier alpha value is -1.38. The number of halogens is 1. The minimum absolute atomic E-state index is 0. The lowest BCUT2D eigenvalue weighted by molar-refractivity contribution is -0.117. The summed E-state index contributed by atoms with van der Waals surface area (Å²) in [6, 6.07) is -0.000529. The fourth-order valence-corrected chi connectivity index (χ4v) is 2.89. The van der Waals surface area contributed by atoms with Crippen LogP contribution in [0.25, 0.3) is 0 Å². The van der Waals surface area contributed by atoms with Crippen LogP contribution >= 0.6 is 12.4 Å². The molecule has 1 unspecified atom stereocenters. The van der Waals surface area contributed by atoms with E-state index in [-0.39, 0.29) is 41.5 Å². The number of carbonyl (C=O) groups is 1. The molecule has 0 bridgehead atoms. The Morgan fingerprint density at radius 3 is 2.95 bits per heavy atom. The molecular weight excluding hydrogens is 316 g/mol. The number of allylic oxidation sites excluding steroid dienone is 2. The van der Waals surface area contributed by atoms with Crippen molar-refractivity contribution >= 4 is 34.2 Å². The summed E-state index contributed by atoms with van der Waals surface area (Å²) in [6.07, 6.45) is 5.64. The van der Waals surface area contributed by atoms with Crippen molar-refractivity contribution in [3.05, 3.63) is 23.9 Å². The summed E-state index contributed by atoms with van der Waals surface area (Å²) in [7, 11) is -3.48. The number of nitrogens with two attached hydrogens (primary N) is 1. The molecule has 0 radical (unpaired) electrons. The fraction of sp³-hybridized carbons (Fsp3) is 0.500. The molecule has 7 nitrogen and oxygen atoms in total. The van der Waals surface area contributed by atoms with Crippen molar-refractivity contribution in [2.45, 2.75) is 19.4 Å². The van der Waals surface area contributed by atoms with Crippen molar-refractivity contribution in [1.29, 1.82) is 0 Å². The number of rotatable bonds is 4. The van der Waals surface area contributed by atoms with Crippen molar-refractivity contribution in [2.75, 3.05) is 18.8 Å². The first kappa shape index (κ1) is 17.7. The predicted octanol–water partition coefficient (Wildman–Crippen LogP) is -0.241. The third-order valence-corrected chi connectivity index (χ3v) is 4.14. The topological polar surface area (TPSA) is 105 Å². The Morgan fingerprint density at radius 1 is 1.57 bits per heavy atom. The van der Waals surface area contributed by atoms with Crippen molar-refractivity contribution in [3.8, 4) is 0 Å². The highest BCUT2D eigenvalue weighted by Crippen LogP contribution is 2.17. The molecule has 118 valence electrons. The van der Waals surface area contributed by atoms with Crippen LogP contribution in [0.15, 0.2) is 28.3 Å². The zero-order valence-electron chi connectivity index (χ0n) is 11.7. The molecule has 0 spiro atoms. The van der Waals surface area contributed by atoms with Gasteiger partial charge in [-0.15, -0.1) is 16.8 Å². The summed E-state index contributed by atoms with van der Waals surface area (Å²) in [6.45, 7) is 2.61. The highest BCUT2D eigenvalue weighted by molar-refractivity contribution is 7.90. The Morgan fingerprint density at radius 2 is 2.29 bits per heavy atom. The maximum absolute atomic E-state index is 12.1. The molecule has 21 heavy (non-hydrogen) atoms. The van der Waals surface area contributed by atoms with E-state index in [1.54, 1.807) is 23.3 Å². The lowest BCUT2D eigenvalue weighted by atomic mass is 10.1. The molecule has 1 amide bonds. The maximum atomic E-state index is 12.1. The summed E-state index contributed by atoms with van der Waals surface area (Å²) >= 11 is 0. The average molecular weight is 335 g/mol. The summed E-state index contributed by atoms with van der Waals surface area (Å²) in [5.41, 5.74) is 5.87. The van der Waals surface area contributed by atoms with E-state index in [0.29, 0.717) is 19.5 Å². The Kier molecular flexibility index (Phi) is 5.94. The lowest BCUT2D eigenvalue weighted by Gasteiger charge is -2.28. The first-order valence-electron chi connectivity index (χ1n) is 6.41. The standard InChI is InChI=1S/C12H18N4O3S.ClH/c1-9(13)4-5-14-12(17)10-3-2-6-16-7-8-20(18,19)15-11(10)16;/h2-3,6,9H,4-5,7-8,13H2,1H3,(H,14,17);1H. The van der Waals surface area contributed by atoms with E-state index < -0.39 is 10.0 Å². The molecule has 0 saturated heterocycles. The fourth-order valence-electron chi connectivity index (χ4n) is 1.90. The molecule has 2 rings (SSSR count). The Bertz CT molecular complexity index is 596. The van der Waals surface area contributed by atoms with Gasteiger partial charge in [0.1, 0.15) is 0 Å². The number of hydrogen-bond acceptors (Lipinski definition) is 5. The van der Waals surface area contributed by atoms with Gasteiger partial charge in [-0.25, -0.2) is 8.42 Å². The van der Waals surface area contributed by atoms with E-state index in [9.17, 15) is 13.2 Å². The van der Waals surface area contributed by atoms with Crippen molar-refractivity contribution in [3.63, 3.8) is 0 Å². The van der Waals surface area contributed by atoms with Gasteiger partial charge in [0.2, 0.25) is 0 Å². The number of hydrogen-bond donors (Lipinski definition) is 2. The van der Waals surface area contributed by atoms with Crippen molar-refractivity contribution in [1.82, 2.24) is 10.2 Å². The summed E-state index contributed by atoms with van der Waals surface area (Å²) in [5, 5.41) is 2.72. The van der Waals surface area contributed by atoms with Gasteiger partial charge in [0.15, 0.2) is 5.84 Å². The van der Waals surface area contributed by atoms with Gasteiger partial charge in [-0.1, -0.05) is 0 Å². The van der Waals surface area contributed by atoms with Crippen LogP contribution in [0.3, 0.4) is 0 Å². The van der Waals surface area contributed by atoms with Crippen LogP contribution in [-0.2, 0) is 14.8 Å². The van der Waals surface area contributed by atoms with Crippen LogP contribution in [0.5, 0.6) is 0 Å². The number of nitrogens with zero attached hydrogens (tertiary/aromatic N) is 2. The summed E-state index contributed by atoms with van der Waals surface area (Å²) < 4.78 is 26.8. The van der Waals surface area contributed by atoms with E-state index in [4.69, 9.17) is 5.73 Å². The molecule has 0 saturated carbocycles. The SMILES string of the molecule is CC(N)CCNC(=O)C1=CC=CN2CCS(=O)(=O)N=C12.Cl. The smallest absolute Gasteiger partial charge is 0.256 e. The number of fused-ring (bicyclic) bond motifs is 1. The third kappa shape index (κ3) is 4.55. The zero-order valence-corrected chi connectivity index (χ0v) is 13.3. The summed E-state index contributed by atoms with van der Waals surface area (Å²) in [4.78, 5) is 13.8. The number of carbonyl (C=O) groups excluding carboxylic acids is 1. The monoisotopic (exact) mass is 334 g/mol. The highest BCUT2D eigenvalue weighted by atomic mass is 35.5. The van der Waals surface area contributed by atoms with Gasteiger partial charge in [-0.05, 0) is 25.5 Å². The third-order valence-electron chi connectivity index (χ3n) is 2.99. The second kappa shape index (κ2) is 7.06. The minimum atomic E-state index is -3.48. The van der Waals surface area contributed by atoms with E-state index in [1.807, 2.05) is 6.92 Å². The average Bonchev–Trinajstić information content (AvgIpc) is 2.36. The predicted molar refractivity (Wildman–Crippen MR) is 83.7 cm³/mol. The molecule has 9 heteroatoms.